The van der Waals surface area contributed by atoms with Gasteiger partial charge in [0.25, 0.3) is 0 Å². The number of phenols is 1. The molecule has 0 radical (unpaired) electrons. The molecule has 1 aliphatic carbocycles. The maximum Gasteiger partial charge on any atom is 0.224 e. The SMILES string of the molecule is Cc1cc(C)c2c(c1)O[C@@]1(c3ccc(O)cc3)[C@H](c3ccccc3)[C@@H](C(N)=O)[C@@H](O)[C@@]21O. The Morgan fingerprint density at radius 3 is 2.31 bits per heavy atom. The van der Waals surface area contributed by atoms with Crippen molar-refractivity contribution in [1.82, 2.24) is 0 Å². The van der Waals surface area contributed by atoms with Gasteiger partial charge in [-0.05, 0) is 54.3 Å². The molecule has 1 heterocycles. The predicted molar refractivity (Wildman–Crippen MR) is 118 cm³/mol. The Balaban J connectivity index is 1.90. The van der Waals surface area contributed by atoms with Crippen molar-refractivity contribution in [1.29, 1.82) is 0 Å². The number of hydrogen-bond donors (Lipinski definition) is 4. The topological polar surface area (TPSA) is 113 Å². The smallest absolute Gasteiger partial charge is 0.224 e. The lowest BCUT2D eigenvalue weighted by Gasteiger charge is -2.41. The second-order valence-electron chi connectivity index (χ2n) is 8.87. The van der Waals surface area contributed by atoms with Gasteiger partial charge in [-0.1, -0.05) is 48.5 Å². The van der Waals surface area contributed by atoms with E-state index in [1.807, 2.05) is 56.3 Å². The third kappa shape index (κ3) is 2.45. The number of aliphatic hydroxyl groups is 2. The van der Waals surface area contributed by atoms with Gasteiger partial charge in [-0.3, -0.25) is 4.79 Å². The van der Waals surface area contributed by atoms with Crippen molar-refractivity contribution >= 4 is 5.91 Å². The summed E-state index contributed by atoms with van der Waals surface area (Å²) >= 11 is 0. The van der Waals surface area contributed by atoms with Crippen molar-refractivity contribution in [3.63, 3.8) is 0 Å². The minimum absolute atomic E-state index is 0.0532. The molecule has 164 valence electrons. The number of primary amides is 1. The first-order chi connectivity index (χ1) is 15.2. The molecule has 32 heavy (non-hydrogen) atoms. The first kappa shape index (κ1) is 20.5. The molecule has 0 bridgehead atoms. The number of phenolic OH excluding ortho intramolecular Hbond substituents is 1. The van der Waals surface area contributed by atoms with Crippen molar-refractivity contribution < 1.29 is 24.9 Å². The molecule has 0 aromatic heterocycles. The Morgan fingerprint density at radius 2 is 1.69 bits per heavy atom. The van der Waals surface area contributed by atoms with Crippen LogP contribution in [0.5, 0.6) is 11.5 Å². The van der Waals surface area contributed by atoms with Crippen molar-refractivity contribution in [3.8, 4) is 11.5 Å². The van der Waals surface area contributed by atoms with E-state index in [1.165, 1.54) is 12.1 Å². The minimum Gasteiger partial charge on any atom is -0.508 e. The Kier molecular flexibility index (Phi) is 4.38. The van der Waals surface area contributed by atoms with Gasteiger partial charge in [-0.25, -0.2) is 0 Å². The number of rotatable bonds is 3. The lowest BCUT2D eigenvalue weighted by molar-refractivity contribution is -0.153. The van der Waals surface area contributed by atoms with Gasteiger partial charge in [-0.15, -0.1) is 0 Å². The van der Waals surface area contributed by atoms with E-state index >= 15 is 0 Å². The number of fused-ring (bicyclic) bond motifs is 3. The number of carbonyl (C=O) groups excluding carboxylic acids is 1. The molecule has 1 saturated carbocycles. The molecule has 5 N–H and O–H groups in total. The third-order valence-electron chi connectivity index (χ3n) is 7.01. The standard InChI is InChI=1S/C26H25NO5/c1-14-12-15(2)21-19(13-14)32-26(17-8-10-18(28)11-9-17)22(16-6-4-3-5-7-16)20(24(27)30)23(29)25(21,26)31/h3-13,20,22-23,28-29,31H,1-2H3,(H2,27,30)/t20-,22-,23-,25+,26+/m1/s1. The van der Waals surface area contributed by atoms with Gasteiger partial charge < -0.3 is 25.8 Å². The molecule has 0 spiro atoms. The van der Waals surface area contributed by atoms with Crippen LogP contribution in [-0.2, 0) is 16.0 Å². The second kappa shape index (κ2) is 6.82. The summed E-state index contributed by atoms with van der Waals surface area (Å²) in [4.78, 5) is 12.7. The summed E-state index contributed by atoms with van der Waals surface area (Å²) in [7, 11) is 0. The molecular formula is C26H25NO5. The van der Waals surface area contributed by atoms with Crippen LogP contribution in [0.15, 0.2) is 66.7 Å². The van der Waals surface area contributed by atoms with Crippen LogP contribution in [0.2, 0.25) is 0 Å². The van der Waals surface area contributed by atoms with Crippen LogP contribution in [0, 0.1) is 19.8 Å². The summed E-state index contributed by atoms with van der Waals surface area (Å²) < 4.78 is 6.63. The summed E-state index contributed by atoms with van der Waals surface area (Å²) in [6.45, 7) is 3.78. The van der Waals surface area contributed by atoms with E-state index in [0.29, 0.717) is 22.4 Å². The first-order valence-corrected chi connectivity index (χ1v) is 10.6. The molecule has 0 unspecified atom stereocenters. The minimum atomic E-state index is -1.95. The maximum atomic E-state index is 12.7. The quantitative estimate of drug-likeness (QED) is 0.509. The molecule has 3 aromatic carbocycles. The number of nitrogens with two attached hydrogens (primary N) is 1. The van der Waals surface area contributed by atoms with E-state index in [2.05, 4.69) is 0 Å². The highest BCUT2D eigenvalue weighted by molar-refractivity contribution is 5.81. The fourth-order valence-electron chi connectivity index (χ4n) is 5.89. The van der Waals surface area contributed by atoms with Gasteiger partial charge in [-0.2, -0.15) is 0 Å². The van der Waals surface area contributed by atoms with Crippen LogP contribution < -0.4 is 10.5 Å². The van der Waals surface area contributed by atoms with Gasteiger partial charge in [0.2, 0.25) is 5.91 Å². The number of carbonyl (C=O) groups is 1. The van der Waals surface area contributed by atoms with Crippen molar-refractivity contribution in [3.05, 3.63) is 94.5 Å². The lowest BCUT2D eigenvalue weighted by atomic mass is 9.70. The van der Waals surface area contributed by atoms with Crippen molar-refractivity contribution in [2.75, 3.05) is 0 Å². The molecule has 2 aliphatic rings. The van der Waals surface area contributed by atoms with E-state index in [-0.39, 0.29) is 5.75 Å². The lowest BCUT2D eigenvalue weighted by Crippen LogP contribution is -2.52. The molecule has 6 heteroatoms. The van der Waals surface area contributed by atoms with Crippen molar-refractivity contribution in [2.24, 2.45) is 11.7 Å². The third-order valence-corrected chi connectivity index (χ3v) is 7.01. The Hall–Kier alpha value is -3.35. The number of aromatic hydroxyl groups is 1. The molecule has 6 nitrogen and oxygen atoms in total. The Morgan fingerprint density at radius 1 is 1.03 bits per heavy atom. The molecular weight excluding hydrogens is 406 g/mol. The zero-order valence-corrected chi connectivity index (χ0v) is 17.8. The fraction of sp³-hybridized carbons (Fsp3) is 0.269. The number of amides is 1. The van der Waals surface area contributed by atoms with Gasteiger partial charge >= 0.3 is 0 Å². The highest BCUT2D eigenvalue weighted by Gasteiger charge is 2.77. The van der Waals surface area contributed by atoms with Crippen LogP contribution in [0.4, 0.5) is 0 Å². The predicted octanol–water partition coefficient (Wildman–Crippen LogP) is 2.74. The number of ether oxygens (including phenoxy) is 1. The van der Waals surface area contributed by atoms with E-state index in [0.717, 1.165) is 11.1 Å². The van der Waals surface area contributed by atoms with Gasteiger partial charge in [0.15, 0.2) is 11.2 Å². The maximum absolute atomic E-state index is 12.7. The summed E-state index contributed by atoms with van der Waals surface area (Å²) in [6.07, 6.45) is -1.51. The Labute approximate surface area is 185 Å². The number of aliphatic hydroxyl groups excluding tert-OH is 1. The first-order valence-electron chi connectivity index (χ1n) is 10.6. The summed E-state index contributed by atoms with van der Waals surface area (Å²) in [5, 5.41) is 33.9. The Bertz CT molecular complexity index is 1210. The summed E-state index contributed by atoms with van der Waals surface area (Å²) in [6, 6.07) is 19.2. The molecule has 5 rings (SSSR count). The largest absolute Gasteiger partial charge is 0.508 e. The highest BCUT2D eigenvalue weighted by Crippen LogP contribution is 2.68. The van der Waals surface area contributed by atoms with E-state index in [9.17, 15) is 20.1 Å². The average Bonchev–Trinajstić information content (AvgIpc) is 3.12. The van der Waals surface area contributed by atoms with E-state index in [1.54, 1.807) is 12.1 Å². The van der Waals surface area contributed by atoms with E-state index in [4.69, 9.17) is 10.5 Å². The molecule has 1 amide bonds. The zero-order valence-electron chi connectivity index (χ0n) is 17.8. The van der Waals surface area contributed by atoms with Crippen LogP contribution >= 0.6 is 0 Å². The zero-order chi connectivity index (χ0) is 22.8. The summed E-state index contributed by atoms with van der Waals surface area (Å²) in [5.41, 5.74) is 5.72. The number of benzene rings is 3. The molecule has 1 fully saturated rings. The van der Waals surface area contributed by atoms with E-state index < -0.39 is 35.0 Å². The van der Waals surface area contributed by atoms with Crippen molar-refractivity contribution in [2.45, 2.75) is 37.1 Å². The van der Waals surface area contributed by atoms with Crippen LogP contribution in [0.3, 0.4) is 0 Å². The van der Waals surface area contributed by atoms with Gasteiger partial charge in [0, 0.05) is 11.5 Å². The summed E-state index contributed by atoms with van der Waals surface area (Å²) in [5.74, 6) is -2.09. The molecule has 0 saturated heterocycles. The van der Waals surface area contributed by atoms with Gasteiger partial charge in [0.05, 0.1) is 5.92 Å². The highest BCUT2D eigenvalue weighted by atomic mass is 16.5. The molecule has 3 aromatic rings. The normalized spacial score (nSPS) is 30.4. The fourth-order valence-corrected chi connectivity index (χ4v) is 5.89. The van der Waals surface area contributed by atoms with Crippen LogP contribution in [-0.4, -0.2) is 27.3 Å². The molecule has 1 aliphatic heterocycles. The van der Waals surface area contributed by atoms with Gasteiger partial charge in [0.1, 0.15) is 17.6 Å². The monoisotopic (exact) mass is 431 g/mol. The number of aryl methyl sites for hydroxylation is 2. The average molecular weight is 431 g/mol. The second-order valence-corrected chi connectivity index (χ2v) is 8.87. The van der Waals surface area contributed by atoms with Crippen LogP contribution in [0.1, 0.15) is 33.7 Å². The number of hydrogen-bond acceptors (Lipinski definition) is 5. The van der Waals surface area contributed by atoms with Crippen LogP contribution in [0.25, 0.3) is 0 Å². The molecule has 5 atom stereocenters.